The third-order valence-electron chi connectivity index (χ3n) is 7.65. The van der Waals surface area contributed by atoms with Gasteiger partial charge in [-0.3, -0.25) is 19.3 Å². The lowest BCUT2D eigenvalue weighted by atomic mass is 9.95. The van der Waals surface area contributed by atoms with Crippen LogP contribution in [0.25, 0.3) is 6.08 Å². The van der Waals surface area contributed by atoms with Crippen LogP contribution in [0, 0.1) is 5.92 Å². The number of hydrogen-bond donors (Lipinski definition) is 3. The summed E-state index contributed by atoms with van der Waals surface area (Å²) < 4.78 is 6.48. The lowest BCUT2D eigenvalue weighted by Crippen LogP contribution is -2.59. The van der Waals surface area contributed by atoms with Gasteiger partial charge in [-0.15, -0.1) is 0 Å². The predicted octanol–water partition coefficient (Wildman–Crippen LogP) is 4.10. The number of rotatable bonds is 8. The highest BCUT2D eigenvalue weighted by Crippen LogP contribution is 2.27. The molecule has 0 unspecified atom stereocenters. The molecule has 2 bridgehead atoms. The van der Waals surface area contributed by atoms with Gasteiger partial charge in [0.1, 0.15) is 17.8 Å². The van der Waals surface area contributed by atoms with Crippen LogP contribution in [-0.2, 0) is 20.8 Å². The topological polar surface area (TPSA) is 99.8 Å². The summed E-state index contributed by atoms with van der Waals surface area (Å²) in [5.74, 6) is -0.778. The van der Waals surface area contributed by atoms with Crippen LogP contribution in [0.1, 0.15) is 43.1 Å². The Bertz CT molecular complexity index is 1360. The summed E-state index contributed by atoms with van der Waals surface area (Å²) in [6, 6.07) is 23.9. The average molecular weight is 569 g/mol. The van der Waals surface area contributed by atoms with Gasteiger partial charge in [-0.1, -0.05) is 93.1 Å². The molecule has 8 nitrogen and oxygen atoms in total. The Labute approximate surface area is 248 Å². The van der Waals surface area contributed by atoms with Gasteiger partial charge < -0.3 is 20.7 Å². The third kappa shape index (κ3) is 7.85. The first-order valence-corrected chi connectivity index (χ1v) is 14.4. The first-order chi connectivity index (χ1) is 20.3. The van der Waals surface area contributed by atoms with Crippen molar-refractivity contribution in [1.82, 2.24) is 20.9 Å². The lowest BCUT2D eigenvalue weighted by Gasteiger charge is -2.33. The largest absolute Gasteiger partial charge is 0.483 e. The number of benzene rings is 3. The van der Waals surface area contributed by atoms with Gasteiger partial charge in [0.05, 0.1) is 6.04 Å². The summed E-state index contributed by atoms with van der Waals surface area (Å²) in [5, 5.41) is 8.77. The summed E-state index contributed by atoms with van der Waals surface area (Å²) in [6.07, 6.45) is 3.60. The van der Waals surface area contributed by atoms with E-state index in [1.807, 2.05) is 106 Å². The molecule has 3 aromatic carbocycles. The molecule has 5 rings (SSSR count). The van der Waals surface area contributed by atoms with Gasteiger partial charge in [-0.05, 0) is 61.3 Å². The van der Waals surface area contributed by atoms with Gasteiger partial charge in [0.25, 0.3) is 0 Å². The molecular weight excluding hydrogens is 528 g/mol. The van der Waals surface area contributed by atoms with Crippen LogP contribution < -0.4 is 20.7 Å². The van der Waals surface area contributed by atoms with Crippen molar-refractivity contribution in [3.05, 3.63) is 108 Å². The smallest absolute Gasteiger partial charge is 0.247 e. The highest BCUT2D eigenvalue weighted by molar-refractivity contribution is 5.94. The monoisotopic (exact) mass is 568 g/mol. The average Bonchev–Trinajstić information content (AvgIpc) is 3.00. The molecule has 3 amide bonds. The van der Waals surface area contributed by atoms with Crippen LogP contribution in [0.2, 0.25) is 0 Å². The van der Waals surface area contributed by atoms with Gasteiger partial charge in [0.2, 0.25) is 17.7 Å². The van der Waals surface area contributed by atoms with Crippen molar-refractivity contribution in [1.29, 1.82) is 0 Å². The fourth-order valence-electron chi connectivity index (χ4n) is 4.91. The maximum atomic E-state index is 14.2. The number of amides is 3. The summed E-state index contributed by atoms with van der Waals surface area (Å²) in [5.41, 5.74) is 2.59. The minimum Gasteiger partial charge on any atom is -0.483 e. The molecule has 2 aliphatic rings. The van der Waals surface area contributed by atoms with Crippen molar-refractivity contribution < 1.29 is 19.1 Å². The van der Waals surface area contributed by atoms with E-state index in [4.69, 9.17) is 4.74 Å². The number of carbonyl (C=O) groups is 3. The predicted molar refractivity (Wildman–Crippen MR) is 164 cm³/mol. The van der Waals surface area contributed by atoms with Gasteiger partial charge in [0, 0.05) is 6.20 Å². The van der Waals surface area contributed by atoms with Gasteiger partial charge >= 0.3 is 0 Å². The first kappa shape index (κ1) is 30.5. The summed E-state index contributed by atoms with van der Waals surface area (Å²) in [7, 11) is 3.68. The SMILES string of the molecule is CC[C@@H](C)[C@@H]1NC(=O)[C@H](NC(=O)[C@@H](Cc2ccccc2)N(C)C)[C@@H](c2ccccc2)Oc2ccc(cc2)/C=C/NC1=O. The van der Waals surface area contributed by atoms with Crippen molar-refractivity contribution >= 4 is 23.8 Å². The zero-order valence-corrected chi connectivity index (χ0v) is 24.6. The van der Waals surface area contributed by atoms with Crippen LogP contribution in [-0.4, -0.2) is 54.8 Å². The second kappa shape index (κ2) is 14.5. The summed E-state index contributed by atoms with van der Waals surface area (Å²) in [4.78, 5) is 43.2. The molecule has 5 atom stereocenters. The number of carbonyl (C=O) groups excluding carboxylic acids is 3. The van der Waals surface area contributed by atoms with Crippen LogP contribution in [0.15, 0.2) is 91.1 Å². The number of ether oxygens (including phenoxy) is 1. The molecule has 0 saturated heterocycles. The quantitative estimate of drug-likeness (QED) is 0.380. The van der Waals surface area contributed by atoms with E-state index >= 15 is 0 Å². The Morgan fingerprint density at radius 3 is 2.19 bits per heavy atom. The van der Waals surface area contributed by atoms with Gasteiger partial charge in [0.15, 0.2) is 6.10 Å². The Balaban J connectivity index is 1.77. The van der Waals surface area contributed by atoms with E-state index in [1.165, 1.54) is 0 Å². The Kier molecular flexibility index (Phi) is 10.5. The van der Waals surface area contributed by atoms with E-state index in [1.54, 1.807) is 24.4 Å². The van der Waals surface area contributed by atoms with E-state index in [0.29, 0.717) is 24.2 Å². The highest BCUT2D eigenvalue weighted by Gasteiger charge is 2.38. The molecule has 220 valence electrons. The van der Waals surface area contributed by atoms with Crippen molar-refractivity contribution in [3.63, 3.8) is 0 Å². The highest BCUT2D eigenvalue weighted by atomic mass is 16.5. The number of nitrogens with zero attached hydrogens (tertiary/aromatic N) is 1. The van der Waals surface area contributed by atoms with E-state index in [2.05, 4.69) is 16.0 Å². The van der Waals surface area contributed by atoms with Gasteiger partial charge in [-0.2, -0.15) is 0 Å². The molecule has 8 heteroatoms. The Morgan fingerprint density at radius 1 is 0.929 bits per heavy atom. The number of fused-ring (bicyclic) bond motifs is 10. The van der Waals surface area contributed by atoms with Crippen LogP contribution in [0.4, 0.5) is 0 Å². The molecule has 3 aromatic rings. The second-order valence-electron chi connectivity index (χ2n) is 10.9. The van der Waals surface area contributed by atoms with E-state index in [0.717, 1.165) is 11.1 Å². The minimum atomic E-state index is -1.14. The summed E-state index contributed by atoms with van der Waals surface area (Å²) >= 11 is 0. The first-order valence-electron chi connectivity index (χ1n) is 14.4. The molecule has 0 saturated carbocycles. The molecular formula is C34H40N4O4. The van der Waals surface area contributed by atoms with E-state index in [-0.39, 0.29) is 17.7 Å². The molecule has 0 fully saturated rings. The summed E-state index contributed by atoms with van der Waals surface area (Å²) in [6.45, 7) is 3.88. The van der Waals surface area contributed by atoms with Crippen molar-refractivity contribution in [2.75, 3.05) is 14.1 Å². The number of hydrogen-bond acceptors (Lipinski definition) is 5. The molecule has 0 aromatic heterocycles. The second-order valence-corrected chi connectivity index (χ2v) is 10.9. The van der Waals surface area contributed by atoms with Crippen LogP contribution in [0.5, 0.6) is 5.75 Å². The maximum absolute atomic E-state index is 14.2. The maximum Gasteiger partial charge on any atom is 0.247 e. The molecule has 3 N–H and O–H groups in total. The third-order valence-corrected chi connectivity index (χ3v) is 7.65. The van der Waals surface area contributed by atoms with E-state index < -0.39 is 30.1 Å². The molecule has 2 aliphatic heterocycles. The molecule has 42 heavy (non-hydrogen) atoms. The molecule has 2 heterocycles. The van der Waals surface area contributed by atoms with Crippen LogP contribution >= 0.6 is 0 Å². The fraction of sp³-hybridized carbons (Fsp3) is 0.324. The normalized spacial score (nSPS) is 21.3. The van der Waals surface area contributed by atoms with Crippen molar-refractivity contribution in [3.8, 4) is 5.75 Å². The molecule has 0 aliphatic carbocycles. The van der Waals surface area contributed by atoms with Gasteiger partial charge in [-0.25, -0.2) is 0 Å². The zero-order chi connectivity index (χ0) is 30.1. The number of likely N-dealkylation sites (N-methyl/N-ethyl adjacent to an activating group) is 1. The lowest BCUT2D eigenvalue weighted by molar-refractivity contribution is -0.136. The molecule has 0 spiro atoms. The Morgan fingerprint density at radius 2 is 1.57 bits per heavy atom. The van der Waals surface area contributed by atoms with Crippen LogP contribution in [0.3, 0.4) is 0 Å². The Hall–Kier alpha value is -4.43. The fourth-order valence-corrected chi connectivity index (χ4v) is 4.91. The standard InChI is InChI=1S/C34H40N4O4/c1-5-23(2)29-33(40)35-21-20-24-16-18-27(19-17-24)42-31(26-14-10-7-11-15-26)30(34(41)36-29)37-32(39)28(38(3)4)22-25-12-8-6-9-13-25/h6-21,23,28-31H,5,22H2,1-4H3,(H,35,40)(H,36,41)(H,37,39)/b21-20+/t23-,28-,29+,30-,31-/m1/s1. The minimum absolute atomic E-state index is 0.159. The zero-order valence-electron chi connectivity index (χ0n) is 24.6. The van der Waals surface area contributed by atoms with Crippen molar-refractivity contribution in [2.24, 2.45) is 5.92 Å². The van der Waals surface area contributed by atoms with Crippen molar-refractivity contribution in [2.45, 2.75) is 50.9 Å². The molecule has 0 radical (unpaired) electrons. The number of nitrogens with one attached hydrogen (secondary N) is 3. The van der Waals surface area contributed by atoms with E-state index in [9.17, 15) is 14.4 Å².